The van der Waals surface area contributed by atoms with Crippen LogP contribution in [0.25, 0.3) is 22.3 Å². The van der Waals surface area contributed by atoms with E-state index in [1.807, 2.05) is 64.4 Å². The maximum Gasteiger partial charge on any atom is 0.409 e. The van der Waals surface area contributed by atoms with Crippen molar-refractivity contribution in [2.24, 2.45) is 5.92 Å². The number of nitrogens with one attached hydrogen (secondary N) is 2. The summed E-state index contributed by atoms with van der Waals surface area (Å²) in [6.45, 7) is 14.2. The van der Waals surface area contributed by atoms with Gasteiger partial charge < -0.3 is 44.8 Å². The molecule has 0 saturated carbocycles. The Bertz CT molecular complexity index is 3520. The van der Waals surface area contributed by atoms with Gasteiger partial charge in [-0.3, -0.25) is 33.9 Å². The number of fused-ring (bicyclic) bond motifs is 4. The number of amides is 5. The summed E-state index contributed by atoms with van der Waals surface area (Å²) in [7, 11) is 0. The highest BCUT2D eigenvalue weighted by molar-refractivity contribution is 6.30. The third-order valence-corrected chi connectivity index (χ3v) is 19.4. The molecule has 4 saturated heterocycles. The molecule has 5 amide bonds. The van der Waals surface area contributed by atoms with E-state index in [1.165, 1.54) is 11.9 Å². The van der Waals surface area contributed by atoms with Crippen molar-refractivity contribution in [3.63, 3.8) is 0 Å². The van der Waals surface area contributed by atoms with Gasteiger partial charge in [-0.2, -0.15) is 0 Å². The third-order valence-electron chi connectivity index (χ3n) is 19.2. The van der Waals surface area contributed by atoms with Gasteiger partial charge in [-0.05, 0) is 108 Å². The number of ether oxygens (including phenoxy) is 2. The fourth-order valence-corrected chi connectivity index (χ4v) is 14.2. The highest BCUT2D eigenvalue weighted by Gasteiger charge is 2.38. The molecule has 2 aliphatic carbocycles. The molecule has 12 rings (SSSR count). The fourth-order valence-electron chi connectivity index (χ4n) is 14.1. The number of aromatic nitrogens is 3. The van der Waals surface area contributed by atoms with Crippen molar-refractivity contribution < 1.29 is 38.6 Å². The molecule has 4 fully saturated rings. The Morgan fingerprint density at radius 1 is 0.736 bits per heavy atom. The number of hydrogen-bond donors (Lipinski definition) is 3. The van der Waals surface area contributed by atoms with E-state index in [9.17, 15) is 24.3 Å². The predicted molar refractivity (Wildman–Crippen MR) is 349 cm³/mol. The number of halogens is 1. The first kappa shape index (κ1) is 63.3. The molecule has 478 valence electrons. The number of hydrogen-bond acceptors (Lipinski definition) is 15. The SMILES string of the molecule is CCc1cccc(-c2cnc(C(=O)N3CCN(CC4CCN(CC(=O)NCCN(C[C@@H](C(=O)N5CCN(c6ncnc7c6[C@H](C)C[C@H]7O)CC5)c5ccc(Cl)cc5)C(=O)OCC5c6ccccc6-c6ccccc65)CC4)CC3)c(NC(=O)CN3CCOCC3)c2)c1. The second-order valence-electron chi connectivity index (χ2n) is 25.1. The van der Waals surface area contributed by atoms with Gasteiger partial charge in [0.15, 0.2) is 5.69 Å². The Kier molecular flexibility index (Phi) is 20.3. The zero-order valence-corrected chi connectivity index (χ0v) is 52.9. The van der Waals surface area contributed by atoms with E-state index in [-0.39, 0.29) is 80.5 Å². The quantitative estimate of drug-likeness (QED) is 0.0675. The van der Waals surface area contributed by atoms with Crippen LogP contribution in [-0.2, 0) is 30.3 Å². The number of carbonyl (C=O) groups excluding carboxylic acids is 5. The first-order valence-electron chi connectivity index (χ1n) is 32.5. The molecular weight excluding hydrogens is 1170 g/mol. The maximum absolute atomic E-state index is 15.0. The van der Waals surface area contributed by atoms with E-state index >= 15 is 4.79 Å². The monoisotopic (exact) mass is 1250 g/mol. The van der Waals surface area contributed by atoms with Gasteiger partial charge in [0.25, 0.3) is 5.91 Å². The zero-order valence-electron chi connectivity index (χ0n) is 52.2. The zero-order chi connectivity index (χ0) is 63.0. The molecule has 4 aromatic carbocycles. The van der Waals surface area contributed by atoms with Gasteiger partial charge in [0, 0.05) is 120 Å². The highest BCUT2D eigenvalue weighted by atomic mass is 35.5. The van der Waals surface area contributed by atoms with Crippen molar-refractivity contribution in [2.45, 2.75) is 63.4 Å². The number of nitrogens with zero attached hydrogens (tertiary/aromatic N) is 10. The lowest BCUT2D eigenvalue weighted by molar-refractivity contribution is -0.133. The number of morpholine rings is 1. The second kappa shape index (κ2) is 29.2. The number of piperidine rings is 1. The molecule has 20 nitrogen and oxygen atoms in total. The lowest BCUT2D eigenvalue weighted by Gasteiger charge is -2.39. The first-order chi connectivity index (χ1) is 44.3. The lowest BCUT2D eigenvalue weighted by atomic mass is 9.96. The molecule has 0 bridgehead atoms. The van der Waals surface area contributed by atoms with E-state index in [0.717, 1.165) is 83.7 Å². The lowest BCUT2D eigenvalue weighted by Crippen LogP contribution is -2.52. The largest absolute Gasteiger partial charge is 0.448 e. The minimum atomic E-state index is -0.777. The van der Waals surface area contributed by atoms with E-state index in [2.05, 4.69) is 90.4 Å². The molecular formula is C70H83ClN12O8. The first-order valence-corrected chi connectivity index (χ1v) is 32.8. The number of aliphatic hydroxyl groups is 1. The Hall–Kier alpha value is -7.85. The van der Waals surface area contributed by atoms with Crippen molar-refractivity contribution >= 4 is 52.8 Å². The minimum absolute atomic E-state index is 0.00240. The van der Waals surface area contributed by atoms with Gasteiger partial charge in [-0.1, -0.05) is 110 Å². The van der Waals surface area contributed by atoms with Crippen molar-refractivity contribution in [3.05, 3.63) is 160 Å². The molecule has 3 atom stereocenters. The summed E-state index contributed by atoms with van der Waals surface area (Å²) in [5.41, 5.74) is 10.4. The number of anilines is 2. The van der Waals surface area contributed by atoms with Crippen LogP contribution in [0.4, 0.5) is 16.3 Å². The van der Waals surface area contributed by atoms with E-state index < -0.39 is 18.1 Å². The number of benzene rings is 4. The topological polar surface area (TPSA) is 209 Å². The average Bonchev–Trinajstić information content (AvgIpc) is 1.69. The number of aliphatic hydroxyl groups excluding tert-OH is 1. The summed E-state index contributed by atoms with van der Waals surface area (Å²) >= 11 is 6.43. The highest BCUT2D eigenvalue weighted by Crippen LogP contribution is 2.45. The third kappa shape index (κ3) is 14.9. The van der Waals surface area contributed by atoms with Crippen LogP contribution in [0.1, 0.15) is 101 Å². The Morgan fingerprint density at radius 2 is 1.42 bits per heavy atom. The van der Waals surface area contributed by atoms with Gasteiger partial charge in [-0.25, -0.2) is 19.7 Å². The molecule has 4 aliphatic heterocycles. The number of likely N-dealkylation sites (tertiary alicyclic amines) is 1. The van der Waals surface area contributed by atoms with Crippen LogP contribution in [-0.4, -0.2) is 217 Å². The number of carbonyl (C=O) groups is 5. The summed E-state index contributed by atoms with van der Waals surface area (Å²) in [6.07, 6.45) is 5.35. The molecule has 0 spiro atoms. The number of pyridine rings is 1. The Labute approximate surface area is 537 Å². The molecule has 6 heterocycles. The number of aryl methyl sites for hydroxylation is 1. The maximum atomic E-state index is 15.0. The van der Waals surface area contributed by atoms with Crippen LogP contribution in [0.15, 0.2) is 116 Å². The van der Waals surface area contributed by atoms with Crippen molar-refractivity contribution in [1.29, 1.82) is 0 Å². The van der Waals surface area contributed by atoms with Crippen LogP contribution in [0.3, 0.4) is 0 Å². The van der Waals surface area contributed by atoms with Gasteiger partial charge in [-0.15, -0.1) is 0 Å². The van der Waals surface area contributed by atoms with E-state index in [4.69, 9.17) is 26.1 Å². The molecule has 21 heteroatoms. The Morgan fingerprint density at radius 3 is 2.13 bits per heavy atom. The van der Waals surface area contributed by atoms with Crippen LogP contribution in [0.2, 0.25) is 5.02 Å². The normalized spacial score (nSPS) is 19.3. The molecule has 3 N–H and O–H groups in total. The summed E-state index contributed by atoms with van der Waals surface area (Å²) < 4.78 is 11.8. The average molecular weight is 1260 g/mol. The number of rotatable bonds is 20. The van der Waals surface area contributed by atoms with Crippen molar-refractivity contribution in [3.8, 4) is 22.3 Å². The second-order valence-corrected chi connectivity index (χ2v) is 25.5. The molecule has 0 unspecified atom stereocenters. The van der Waals surface area contributed by atoms with Crippen molar-refractivity contribution in [1.82, 2.24) is 49.7 Å². The smallest absolute Gasteiger partial charge is 0.409 e. The molecule has 0 radical (unpaired) electrons. The standard InChI is InChI=1S/C70H83ClN12O8/c1-3-48-9-8-10-51(38-48)52-39-60(76-63(86)44-79-33-35-90-36-34-79)65(73-40-52)69(88)82-27-25-78(26-28-82)41-49-19-22-77(23-20-49)43-62(85)72-21-24-83(70(89)91-45-59-56-13-6-4-11-54(56)55-12-5-7-14-57(55)59)42-58(50-15-17-53(71)18-16-50)68(87)81-31-29-80(30-32-81)67-64-47(2)37-61(84)66(64)74-46-75-67/h4-18,38-40,46-47,49,58-59,61,84H,3,19-37,41-45H2,1-2H3,(H,72,85)(H,76,86)/t47-,58-,61-/m1/s1. The van der Waals surface area contributed by atoms with Crippen molar-refractivity contribution in [2.75, 3.05) is 148 Å². The van der Waals surface area contributed by atoms with Gasteiger partial charge in [0.2, 0.25) is 17.7 Å². The van der Waals surface area contributed by atoms with Crippen LogP contribution < -0.4 is 15.5 Å². The van der Waals surface area contributed by atoms with Crippen LogP contribution in [0.5, 0.6) is 0 Å². The summed E-state index contributed by atoms with van der Waals surface area (Å²) in [5.74, 6) is -0.315. The number of piperazine rings is 2. The molecule has 6 aromatic rings. The van der Waals surface area contributed by atoms with Crippen LogP contribution >= 0.6 is 11.6 Å². The van der Waals surface area contributed by atoms with E-state index in [0.29, 0.717) is 113 Å². The summed E-state index contributed by atoms with van der Waals surface area (Å²) in [6, 6.07) is 33.7. The van der Waals surface area contributed by atoms with Crippen LogP contribution in [0, 0.1) is 5.92 Å². The molecule has 6 aliphatic rings. The summed E-state index contributed by atoms with van der Waals surface area (Å²) in [5, 5.41) is 17.4. The predicted octanol–water partition coefficient (Wildman–Crippen LogP) is 7.54. The minimum Gasteiger partial charge on any atom is -0.448 e. The van der Waals surface area contributed by atoms with Gasteiger partial charge in [0.1, 0.15) is 18.8 Å². The molecule has 91 heavy (non-hydrogen) atoms. The van der Waals surface area contributed by atoms with E-state index in [1.54, 1.807) is 23.2 Å². The van der Waals surface area contributed by atoms with Gasteiger partial charge >= 0.3 is 6.09 Å². The van der Waals surface area contributed by atoms with Gasteiger partial charge in [0.05, 0.1) is 49.7 Å². The fraction of sp³-hybridized carbons (Fsp3) is 0.457. The molecule has 2 aromatic heterocycles. The Balaban J connectivity index is 0.652. The summed E-state index contributed by atoms with van der Waals surface area (Å²) in [4.78, 5) is 99.1.